The summed E-state index contributed by atoms with van der Waals surface area (Å²) in [6, 6.07) is 79.1. The van der Waals surface area contributed by atoms with Gasteiger partial charge in [-0.05, 0) is 97.1 Å². The predicted molar refractivity (Wildman–Crippen MR) is 271 cm³/mol. The first kappa shape index (κ1) is 38.0. The van der Waals surface area contributed by atoms with E-state index in [0.29, 0.717) is 5.82 Å². The number of thiophene rings is 1. The molecule has 2 aromatic heterocycles. The highest BCUT2D eigenvalue weighted by Gasteiger charge is 2.36. The molecule has 0 spiro atoms. The largest absolute Gasteiger partial charge is 0.228 e. The molecule has 1 aliphatic carbocycles. The van der Waals surface area contributed by atoms with Crippen molar-refractivity contribution >= 4 is 31.5 Å². The highest BCUT2D eigenvalue weighted by Crippen LogP contribution is 2.52. The molecule has 2 heterocycles. The Labute approximate surface area is 377 Å². The second-order valence-corrected chi connectivity index (χ2v) is 18.4. The summed E-state index contributed by atoms with van der Waals surface area (Å²) in [6.45, 7) is 4.68. The van der Waals surface area contributed by atoms with Crippen molar-refractivity contribution in [1.29, 1.82) is 0 Å². The molecule has 0 amide bonds. The second-order valence-electron chi connectivity index (χ2n) is 17.3. The molecule has 3 heteroatoms. The summed E-state index contributed by atoms with van der Waals surface area (Å²) in [7, 11) is 0. The van der Waals surface area contributed by atoms with Gasteiger partial charge in [0.2, 0.25) is 0 Å². The van der Waals surface area contributed by atoms with Crippen molar-refractivity contribution in [2.24, 2.45) is 0 Å². The second kappa shape index (κ2) is 15.3. The van der Waals surface area contributed by atoms with Crippen molar-refractivity contribution in [3.8, 4) is 89.5 Å². The first-order chi connectivity index (χ1) is 31.5. The smallest absolute Gasteiger partial charge is 0.160 e. The van der Waals surface area contributed by atoms with Crippen LogP contribution in [0.25, 0.3) is 110 Å². The third-order valence-corrected chi connectivity index (χ3v) is 14.3. The van der Waals surface area contributed by atoms with Crippen LogP contribution in [0.2, 0.25) is 0 Å². The van der Waals surface area contributed by atoms with Gasteiger partial charge in [-0.1, -0.05) is 202 Å². The van der Waals surface area contributed by atoms with E-state index in [1.54, 1.807) is 0 Å². The van der Waals surface area contributed by atoms with Gasteiger partial charge in [-0.25, -0.2) is 9.97 Å². The van der Waals surface area contributed by atoms with Crippen LogP contribution in [0.3, 0.4) is 0 Å². The van der Waals surface area contributed by atoms with Crippen LogP contribution >= 0.6 is 11.3 Å². The number of hydrogen-bond donors (Lipinski definition) is 0. The quantitative estimate of drug-likeness (QED) is 0.160. The molecule has 11 aromatic rings. The summed E-state index contributed by atoms with van der Waals surface area (Å²) in [5.41, 5.74) is 19.7. The van der Waals surface area contributed by atoms with E-state index in [1.807, 2.05) is 17.4 Å². The SMILES string of the molecule is CC1(C)c2ccccc2-c2c(-c3ccc(-c4cc(-c5cc(-c6ccc(-c7ccccc7)cc6)cc(-c6cccc7c6sc6ccccc67)c5)nc(-c5ccccc5)n4)cc3)cccc21. The van der Waals surface area contributed by atoms with Gasteiger partial charge in [0.05, 0.1) is 11.4 Å². The van der Waals surface area contributed by atoms with Crippen molar-refractivity contribution in [2.75, 3.05) is 0 Å². The van der Waals surface area contributed by atoms with E-state index in [1.165, 1.54) is 70.2 Å². The van der Waals surface area contributed by atoms with Crippen LogP contribution < -0.4 is 0 Å². The minimum absolute atomic E-state index is 0.0553. The van der Waals surface area contributed by atoms with Gasteiger partial charge in [-0.2, -0.15) is 0 Å². The Hall–Kier alpha value is -7.72. The molecule has 2 nitrogen and oxygen atoms in total. The summed E-state index contributed by atoms with van der Waals surface area (Å²) in [4.78, 5) is 10.6. The van der Waals surface area contributed by atoms with Crippen molar-refractivity contribution < 1.29 is 0 Å². The molecule has 64 heavy (non-hydrogen) atoms. The predicted octanol–water partition coefficient (Wildman–Crippen LogP) is 16.8. The molecule has 0 radical (unpaired) electrons. The van der Waals surface area contributed by atoms with Crippen molar-refractivity contribution in [1.82, 2.24) is 9.97 Å². The van der Waals surface area contributed by atoms with Gasteiger partial charge in [0.15, 0.2) is 5.82 Å². The molecule has 0 saturated heterocycles. The molecule has 0 unspecified atom stereocenters. The van der Waals surface area contributed by atoms with Crippen molar-refractivity contribution in [2.45, 2.75) is 19.3 Å². The summed E-state index contributed by atoms with van der Waals surface area (Å²) in [5, 5.41) is 2.58. The van der Waals surface area contributed by atoms with E-state index in [0.717, 1.165) is 44.8 Å². The highest BCUT2D eigenvalue weighted by atomic mass is 32.1. The Morgan fingerprint density at radius 2 is 0.859 bits per heavy atom. The van der Waals surface area contributed by atoms with Gasteiger partial charge in [0.1, 0.15) is 0 Å². The van der Waals surface area contributed by atoms with Crippen LogP contribution in [0.15, 0.2) is 218 Å². The fraction of sp³-hybridized carbons (Fsp3) is 0.0492. The van der Waals surface area contributed by atoms with E-state index < -0.39 is 0 Å². The van der Waals surface area contributed by atoms with Gasteiger partial charge >= 0.3 is 0 Å². The minimum Gasteiger partial charge on any atom is -0.228 e. The van der Waals surface area contributed by atoms with Crippen LogP contribution in [0.5, 0.6) is 0 Å². The molecule has 0 atom stereocenters. The summed E-state index contributed by atoms with van der Waals surface area (Å²) >= 11 is 1.86. The first-order valence-electron chi connectivity index (χ1n) is 22.0. The lowest BCUT2D eigenvalue weighted by molar-refractivity contribution is 0.660. The summed E-state index contributed by atoms with van der Waals surface area (Å²) < 4.78 is 2.58. The maximum absolute atomic E-state index is 5.35. The van der Waals surface area contributed by atoms with E-state index in [2.05, 4.69) is 226 Å². The number of benzene rings is 9. The molecule has 0 aliphatic heterocycles. The van der Waals surface area contributed by atoms with Gasteiger partial charge in [0.25, 0.3) is 0 Å². The zero-order chi connectivity index (χ0) is 42.8. The summed E-state index contributed by atoms with van der Waals surface area (Å²) in [5.74, 6) is 0.697. The zero-order valence-electron chi connectivity index (χ0n) is 35.6. The lowest BCUT2D eigenvalue weighted by atomic mass is 9.82. The molecule has 0 bridgehead atoms. The van der Waals surface area contributed by atoms with Crippen molar-refractivity contribution in [3.63, 3.8) is 0 Å². The Morgan fingerprint density at radius 3 is 1.64 bits per heavy atom. The minimum atomic E-state index is -0.0553. The van der Waals surface area contributed by atoms with Crippen molar-refractivity contribution in [3.05, 3.63) is 230 Å². The van der Waals surface area contributed by atoms with Gasteiger partial charge in [-0.15, -0.1) is 11.3 Å². The van der Waals surface area contributed by atoms with Gasteiger partial charge in [-0.3, -0.25) is 0 Å². The third-order valence-electron chi connectivity index (χ3n) is 13.1. The molecule has 1 aliphatic rings. The zero-order valence-corrected chi connectivity index (χ0v) is 36.4. The molecular weight excluding hydrogens is 793 g/mol. The van der Waals surface area contributed by atoms with Gasteiger partial charge in [0, 0.05) is 42.3 Å². The molecule has 9 aromatic carbocycles. The lowest BCUT2D eigenvalue weighted by Crippen LogP contribution is -2.14. The molecular formula is C61H42N2S. The fourth-order valence-electron chi connectivity index (χ4n) is 9.83. The van der Waals surface area contributed by atoms with E-state index in [4.69, 9.17) is 9.97 Å². The van der Waals surface area contributed by atoms with Crippen LogP contribution in [-0.2, 0) is 5.41 Å². The molecule has 0 fully saturated rings. The number of rotatable bonds is 7. The topological polar surface area (TPSA) is 25.8 Å². The Balaban J connectivity index is 1.01. The normalized spacial score (nSPS) is 12.7. The molecule has 0 N–H and O–H groups in total. The maximum Gasteiger partial charge on any atom is 0.160 e. The van der Waals surface area contributed by atoms with E-state index >= 15 is 0 Å². The number of fused-ring (bicyclic) bond motifs is 6. The van der Waals surface area contributed by atoms with E-state index in [-0.39, 0.29) is 5.41 Å². The third kappa shape index (κ3) is 6.47. The number of hydrogen-bond acceptors (Lipinski definition) is 3. The molecule has 0 saturated carbocycles. The first-order valence-corrected chi connectivity index (χ1v) is 22.8. The Kier molecular flexibility index (Phi) is 9.06. The van der Waals surface area contributed by atoms with E-state index in [9.17, 15) is 0 Å². The van der Waals surface area contributed by atoms with Crippen LogP contribution in [0.1, 0.15) is 25.0 Å². The average molecular weight is 835 g/mol. The maximum atomic E-state index is 5.35. The standard InChI is InChI=1S/C61H42N2S/c1-61(2)53-24-11-9-20-52(53)58-48(21-14-25-54(58)61)42-31-33-43(34-32-42)55-38-56(63-60(62-55)44-17-7-4-8-18-44)47-36-45(41-29-27-40(28-30-41)39-15-5-3-6-16-39)35-46(37-47)49-22-13-23-51-50-19-10-12-26-57(50)64-59(49)51/h3-38H,1-2H3. The van der Waals surface area contributed by atoms with Crippen LogP contribution in [-0.4, -0.2) is 9.97 Å². The fourth-order valence-corrected chi connectivity index (χ4v) is 11.1. The monoisotopic (exact) mass is 834 g/mol. The summed E-state index contributed by atoms with van der Waals surface area (Å²) in [6.07, 6.45) is 0. The number of nitrogens with zero attached hydrogens (tertiary/aromatic N) is 2. The molecule has 302 valence electrons. The average Bonchev–Trinajstić information content (AvgIpc) is 3.86. The Morgan fingerprint density at radius 1 is 0.344 bits per heavy atom. The Bertz CT molecular complexity index is 3550. The molecule has 12 rings (SSSR count). The highest BCUT2D eigenvalue weighted by molar-refractivity contribution is 7.26. The van der Waals surface area contributed by atoms with Crippen LogP contribution in [0.4, 0.5) is 0 Å². The number of aromatic nitrogens is 2. The lowest BCUT2D eigenvalue weighted by Gasteiger charge is -2.21. The van der Waals surface area contributed by atoms with Crippen LogP contribution in [0, 0.1) is 0 Å². The van der Waals surface area contributed by atoms with Gasteiger partial charge < -0.3 is 0 Å².